The van der Waals surface area contributed by atoms with E-state index < -0.39 is 0 Å². The van der Waals surface area contributed by atoms with Crippen LogP contribution in [0, 0.1) is 0 Å². The average molecular weight is 403 g/mol. The summed E-state index contributed by atoms with van der Waals surface area (Å²) in [7, 11) is 4.59. The van der Waals surface area contributed by atoms with Gasteiger partial charge in [0.25, 0.3) is 0 Å². The fourth-order valence-corrected chi connectivity index (χ4v) is 3.55. The second-order valence-electron chi connectivity index (χ2n) is 5.32. The van der Waals surface area contributed by atoms with Gasteiger partial charge < -0.3 is 9.47 Å². The molecule has 0 bridgehead atoms. The molecule has 0 N–H and O–H groups in total. The third-order valence-electron chi connectivity index (χ3n) is 3.96. The molecule has 2 heterocycles. The maximum atomic E-state index is 12.9. The first-order valence-corrected chi connectivity index (χ1v) is 8.32. The van der Waals surface area contributed by atoms with Crippen LogP contribution < -0.4 is 19.3 Å². The number of anilines is 2. The van der Waals surface area contributed by atoms with Gasteiger partial charge in [0.05, 0.1) is 32.1 Å². The highest BCUT2D eigenvalue weighted by atomic mass is 35.5. The number of hydrogen-bond acceptors (Lipinski definition) is 4. The highest BCUT2D eigenvalue weighted by Crippen LogP contribution is 2.47. The molecule has 1 aliphatic heterocycles. The van der Waals surface area contributed by atoms with Crippen molar-refractivity contribution in [1.29, 1.82) is 0 Å². The van der Waals surface area contributed by atoms with Gasteiger partial charge in [0.1, 0.15) is 26.7 Å². The molecular weight excluding hydrogens is 389 g/mol. The standard InChI is InChI=1S/C16H14Cl3N3O3/c1-21-9-4-12(17)20-6-8(9)7-22(16(21)23)15-13(18)10(24-2)5-11(25-3)14(15)19/h4-6H,7H2,1-3H3. The van der Waals surface area contributed by atoms with Crippen molar-refractivity contribution in [2.75, 3.05) is 31.1 Å². The minimum atomic E-state index is -0.311. The minimum Gasteiger partial charge on any atom is -0.495 e. The number of aromatic nitrogens is 1. The third kappa shape index (κ3) is 2.94. The number of carbonyl (C=O) groups excluding carboxylic acids is 1. The number of hydrogen-bond donors (Lipinski definition) is 0. The molecule has 1 aromatic heterocycles. The molecule has 25 heavy (non-hydrogen) atoms. The number of benzene rings is 1. The number of pyridine rings is 1. The number of amides is 2. The van der Waals surface area contributed by atoms with Crippen molar-refractivity contribution in [3.05, 3.63) is 39.1 Å². The van der Waals surface area contributed by atoms with E-state index in [1.165, 1.54) is 24.0 Å². The van der Waals surface area contributed by atoms with Crippen LogP contribution in [0.5, 0.6) is 11.5 Å². The second kappa shape index (κ2) is 6.78. The molecule has 0 fully saturated rings. The van der Waals surface area contributed by atoms with E-state index in [2.05, 4.69) is 4.98 Å². The van der Waals surface area contributed by atoms with Gasteiger partial charge in [-0.3, -0.25) is 9.80 Å². The van der Waals surface area contributed by atoms with Crippen molar-refractivity contribution in [2.24, 2.45) is 0 Å². The molecule has 1 aromatic carbocycles. The Morgan fingerprint density at radius 3 is 2.24 bits per heavy atom. The second-order valence-corrected chi connectivity index (χ2v) is 6.46. The summed E-state index contributed by atoms with van der Waals surface area (Å²) in [5.41, 5.74) is 1.81. The number of carbonyl (C=O) groups is 1. The zero-order chi connectivity index (χ0) is 18.3. The third-order valence-corrected chi connectivity index (χ3v) is 4.89. The van der Waals surface area contributed by atoms with Gasteiger partial charge >= 0.3 is 6.03 Å². The van der Waals surface area contributed by atoms with E-state index in [1.807, 2.05) is 0 Å². The van der Waals surface area contributed by atoms with Crippen LogP contribution in [0.3, 0.4) is 0 Å². The lowest BCUT2D eigenvalue weighted by molar-refractivity contribution is 0.251. The molecule has 0 spiro atoms. The summed E-state index contributed by atoms with van der Waals surface area (Å²) in [5, 5.41) is 0.756. The Morgan fingerprint density at radius 2 is 1.68 bits per heavy atom. The molecule has 0 radical (unpaired) electrons. The first-order chi connectivity index (χ1) is 11.9. The number of urea groups is 1. The summed E-state index contributed by atoms with van der Waals surface area (Å²) >= 11 is 18.8. The quantitative estimate of drug-likeness (QED) is 0.702. The first kappa shape index (κ1) is 17.9. The van der Waals surface area contributed by atoms with Crippen LogP contribution in [0.2, 0.25) is 15.2 Å². The summed E-state index contributed by atoms with van der Waals surface area (Å²) in [6.45, 7) is 0.235. The zero-order valence-corrected chi connectivity index (χ0v) is 15.9. The minimum absolute atomic E-state index is 0.223. The molecule has 0 atom stereocenters. The fraction of sp³-hybridized carbons (Fsp3) is 0.250. The predicted octanol–water partition coefficient (Wildman–Crippen LogP) is 4.64. The van der Waals surface area contributed by atoms with E-state index in [-0.39, 0.29) is 22.6 Å². The van der Waals surface area contributed by atoms with Crippen LogP contribution in [0.1, 0.15) is 5.56 Å². The summed E-state index contributed by atoms with van der Waals surface area (Å²) < 4.78 is 10.5. The van der Waals surface area contributed by atoms with E-state index in [9.17, 15) is 4.79 Å². The molecule has 9 heteroatoms. The van der Waals surface area contributed by atoms with Crippen LogP contribution >= 0.6 is 34.8 Å². The lowest BCUT2D eigenvalue weighted by Gasteiger charge is -2.36. The Labute approximate surface area is 159 Å². The van der Waals surface area contributed by atoms with E-state index in [1.54, 1.807) is 25.4 Å². The monoisotopic (exact) mass is 401 g/mol. The smallest absolute Gasteiger partial charge is 0.329 e. The van der Waals surface area contributed by atoms with Crippen LogP contribution in [-0.4, -0.2) is 32.3 Å². The van der Waals surface area contributed by atoms with Crippen molar-refractivity contribution in [3.63, 3.8) is 0 Å². The van der Waals surface area contributed by atoms with Gasteiger partial charge in [-0.15, -0.1) is 0 Å². The number of nitrogens with zero attached hydrogens (tertiary/aromatic N) is 3. The van der Waals surface area contributed by atoms with Crippen molar-refractivity contribution >= 4 is 52.2 Å². The number of halogens is 3. The Hall–Kier alpha value is -1.89. The molecule has 0 unspecified atom stereocenters. The molecule has 0 saturated heterocycles. The summed E-state index contributed by atoms with van der Waals surface area (Å²) in [6.07, 6.45) is 1.62. The lowest BCUT2D eigenvalue weighted by atomic mass is 10.1. The van der Waals surface area contributed by atoms with E-state index >= 15 is 0 Å². The van der Waals surface area contributed by atoms with E-state index in [4.69, 9.17) is 44.3 Å². The number of rotatable bonds is 3. The number of methoxy groups -OCH3 is 2. The average Bonchev–Trinajstić information content (AvgIpc) is 2.60. The van der Waals surface area contributed by atoms with Gasteiger partial charge in [0, 0.05) is 24.9 Å². The van der Waals surface area contributed by atoms with Gasteiger partial charge in [0.15, 0.2) is 0 Å². The van der Waals surface area contributed by atoms with Crippen LogP contribution in [0.4, 0.5) is 16.2 Å². The molecule has 1 aliphatic rings. The molecule has 0 saturated carbocycles. The Morgan fingerprint density at radius 1 is 1.08 bits per heavy atom. The molecule has 3 rings (SSSR count). The summed E-state index contributed by atoms with van der Waals surface area (Å²) in [4.78, 5) is 19.9. The maximum Gasteiger partial charge on any atom is 0.329 e. The topological polar surface area (TPSA) is 54.9 Å². The Balaban J connectivity index is 2.17. The van der Waals surface area contributed by atoms with E-state index in [0.29, 0.717) is 28.0 Å². The van der Waals surface area contributed by atoms with Crippen molar-refractivity contribution in [3.8, 4) is 11.5 Å². The van der Waals surface area contributed by atoms with Gasteiger partial charge in [-0.25, -0.2) is 9.78 Å². The van der Waals surface area contributed by atoms with Crippen molar-refractivity contribution < 1.29 is 14.3 Å². The van der Waals surface area contributed by atoms with Crippen LogP contribution in [0.25, 0.3) is 0 Å². The summed E-state index contributed by atoms with van der Waals surface area (Å²) in [5.74, 6) is 0.710. The predicted molar refractivity (Wildman–Crippen MR) is 98.8 cm³/mol. The molecule has 2 aromatic rings. The maximum absolute atomic E-state index is 12.9. The normalized spacial score (nSPS) is 13.8. The molecule has 132 valence electrons. The largest absolute Gasteiger partial charge is 0.495 e. The Bertz CT molecular complexity index is 832. The van der Waals surface area contributed by atoms with Gasteiger partial charge in [-0.05, 0) is 6.07 Å². The zero-order valence-electron chi connectivity index (χ0n) is 13.6. The van der Waals surface area contributed by atoms with Crippen molar-refractivity contribution in [1.82, 2.24) is 4.98 Å². The molecule has 2 amide bonds. The molecule has 6 nitrogen and oxygen atoms in total. The highest BCUT2D eigenvalue weighted by Gasteiger charge is 2.33. The first-order valence-electron chi connectivity index (χ1n) is 7.18. The fourth-order valence-electron chi connectivity index (χ4n) is 2.69. The highest BCUT2D eigenvalue weighted by molar-refractivity contribution is 6.42. The molecular formula is C16H14Cl3N3O3. The van der Waals surface area contributed by atoms with Crippen LogP contribution in [0.15, 0.2) is 18.3 Å². The van der Waals surface area contributed by atoms with Crippen LogP contribution in [-0.2, 0) is 6.54 Å². The number of fused-ring (bicyclic) bond motifs is 1. The van der Waals surface area contributed by atoms with Gasteiger partial charge in [0.2, 0.25) is 0 Å². The lowest BCUT2D eigenvalue weighted by Crippen LogP contribution is -2.45. The number of ether oxygens (including phenoxy) is 2. The summed E-state index contributed by atoms with van der Waals surface area (Å²) in [6, 6.07) is 2.90. The van der Waals surface area contributed by atoms with Crippen molar-refractivity contribution in [2.45, 2.75) is 6.54 Å². The van der Waals surface area contributed by atoms with E-state index in [0.717, 1.165) is 5.56 Å². The van der Waals surface area contributed by atoms with Gasteiger partial charge in [-0.2, -0.15) is 0 Å². The Kier molecular flexibility index (Phi) is 4.86. The molecule has 0 aliphatic carbocycles. The SMILES string of the molecule is COc1cc(OC)c(Cl)c(N2Cc3cnc(Cl)cc3N(C)C2=O)c1Cl. The van der Waals surface area contributed by atoms with Gasteiger partial charge in [-0.1, -0.05) is 34.8 Å².